The van der Waals surface area contributed by atoms with Crippen molar-refractivity contribution in [1.82, 2.24) is 4.98 Å². The maximum Gasteiger partial charge on any atom is 0.356 e. The molecule has 0 aliphatic rings. The molecule has 0 bridgehead atoms. The van der Waals surface area contributed by atoms with Crippen LogP contribution in [0.3, 0.4) is 0 Å². The second kappa shape index (κ2) is 5.30. The largest absolute Gasteiger partial charge is 0.461 e. The normalized spacial score (nSPS) is 11.2. The Balaban J connectivity index is 2.47. The third-order valence-electron chi connectivity index (χ3n) is 2.01. The first kappa shape index (κ1) is 13.0. The van der Waals surface area contributed by atoms with E-state index in [0.29, 0.717) is 11.8 Å². The van der Waals surface area contributed by atoms with Crippen molar-refractivity contribution in [3.8, 4) is 0 Å². The first-order valence-electron chi connectivity index (χ1n) is 5.18. The standard InChI is InChI=1S/C12H16ClNO2/c1-12(2,3)7-8-16-11(15)9-5-4-6-10(13)14-9/h4-6H,7-8H2,1-3H3. The molecule has 0 spiro atoms. The van der Waals surface area contributed by atoms with E-state index in [1.54, 1.807) is 18.2 Å². The summed E-state index contributed by atoms with van der Waals surface area (Å²) >= 11 is 5.68. The molecule has 1 aromatic rings. The van der Waals surface area contributed by atoms with Gasteiger partial charge in [0.25, 0.3) is 0 Å². The Morgan fingerprint density at radius 1 is 1.44 bits per heavy atom. The summed E-state index contributed by atoms with van der Waals surface area (Å²) < 4.78 is 5.10. The molecule has 0 unspecified atom stereocenters. The van der Waals surface area contributed by atoms with E-state index in [9.17, 15) is 4.79 Å². The Morgan fingerprint density at radius 3 is 2.69 bits per heavy atom. The Kier molecular flexibility index (Phi) is 4.30. The van der Waals surface area contributed by atoms with E-state index in [1.165, 1.54) is 0 Å². The van der Waals surface area contributed by atoms with Gasteiger partial charge in [-0.05, 0) is 24.0 Å². The number of ether oxygens (including phenoxy) is 1. The number of nitrogens with zero attached hydrogens (tertiary/aromatic N) is 1. The van der Waals surface area contributed by atoms with Crippen molar-refractivity contribution >= 4 is 17.6 Å². The molecule has 0 N–H and O–H groups in total. The van der Waals surface area contributed by atoms with Gasteiger partial charge >= 0.3 is 5.97 Å². The van der Waals surface area contributed by atoms with Gasteiger partial charge in [0, 0.05) is 0 Å². The number of esters is 1. The fourth-order valence-electron chi connectivity index (χ4n) is 1.05. The minimum absolute atomic E-state index is 0.155. The summed E-state index contributed by atoms with van der Waals surface area (Å²) in [6.45, 7) is 6.69. The molecular formula is C12H16ClNO2. The van der Waals surface area contributed by atoms with Gasteiger partial charge in [-0.3, -0.25) is 0 Å². The summed E-state index contributed by atoms with van der Waals surface area (Å²) in [6, 6.07) is 4.88. The fraction of sp³-hybridized carbons (Fsp3) is 0.500. The van der Waals surface area contributed by atoms with E-state index < -0.39 is 5.97 Å². The molecule has 88 valence electrons. The monoisotopic (exact) mass is 241 g/mol. The molecule has 0 saturated carbocycles. The predicted octanol–water partition coefficient (Wildman–Crippen LogP) is 3.33. The van der Waals surface area contributed by atoms with Crippen LogP contribution in [-0.4, -0.2) is 17.6 Å². The van der Waals surface area contributed by atoms with Crippen molar-refractivity contribution in [3.05, 3.63) is 29.0 Å². The van der Waals surface area contributed by atoms with Crippen LogP contribution in [0.15, 0.2) is 18.2 Å². The first-order chi connectivity index (χ1) is 7.38. The molecule has 0 amide bonds. The molecule has 0 atom stereocenters. The summed E-state index contributed by atoms with van der Waals surface area (Å²) in [7, 11) is 0. The van der Waals surface area contributed by atoms with Crippen LogP contribution in [0.4, 0.5) is 0 Å². The molecule has 3 nitrogen and oxygen atoms in total. The number of hydrogen-bond acceptors (Lipinski definition) is 3. The van der Waals surface area contributed by atoms with Gasteiger partial charge in [-0.2, -0.15) is 0 Å². The van der Waals surface area contributed by atoms with Crippen molar-refractivity contribution in [2.45, 2.75) is 27.2 Å². The van der Waals surface area contributed by atoms with Gasteiger partial charge in [0.1, 0.15) is 10.8 Å². The summed E-state index contributed by atoms with van der Waals surface area (Å²) in [5, 5.41) is 0.297. The highest BCUT2D eigenvalue weighted by molar-refractivity contribution is 6.29. The summed E-state index contributed by atoms with van der Waals surface area (Å²) in [6.07, 6.45) is 0.819. The lowest BCUT2D eigenvalue weighted by Crippen LogP contribution is -2.14. The molecule has 0 saturated heterocycles. The number of pyridine rings is 1. The maximum atomic E-state index is 11.5. The highest BCUT2D eigenvalue weighted by Gasteiger charge is 2.13. The lowest BCUT2D eigenvalue weighted by molar-refractivity contribution is 0.0458. The van der Waals surface area contributed by atoms with Crippen LogP contribution in [0.1, 0.15) is 37.7 Å². The van der Waals surface area contributed by atoms with Crippen LogP contribution >= 0.6 is 11.6 Å². The molecular weight excluding hydrogens is 226 g/mol. The van der Waals surface area contributed by atoms with E-state index >= 15 is 0 Å². The molecule has 0 aromatic carbocycles. The number of carbonyl (C=O) groups is 1. The Morgan fingerprint density at radius 2 is 2.12 bits per heavy atom. The van der Waals surface area contributed by atoms with Crippen molar-refractivity contribution in [1.29, 1.82) is 0 Å². The number of halogens is 1. The van der Waals surface area contributed by atoms with E-state index in [4.69, 9.17) is 16.3 Å². The van der Waals surface area contributed by atoms with Crippen LogP contribution in [0.5, 0.6) is 0 Å². The molecule has 0 aliphatic heterocycles. The predicted molar refractivity (Wildman–Crippen MR) is 63.6 cm³/mol. The van der Waals surface area contributed by atoms with E-state index in [2.05, 4.69) is 25.8 Å². The lowest BCUT2D eigenvalue weighted by atomic mass is 9.93. The maximum absolute atomic E-state index is 11.5. The number of rotatable bonds is 3. The van der Waals surface area contributed by atoms with Crippen LogP contribution in [-0.2, 0) is 4.74 Å². The molecule has 1 rings (SSSR count). The van der Waals surface area contributed by atoms with Gasteiger partial charge in [0.15, 0.2) is 0 Å². The average molecular weight is 242 g/mol. The Bertz CT molecular complexity index is 372. The van der Waals surface area contributed by atoms with Crippen molar-refractivity contribution in [2.24, 2.45) is 5.41 Å². The second-order valence-corrected chi connectivity index (χ2v) is 5.18. The zero-order chi connectivity index (χ0) is 12.2. The highest BCUT2D eigenvalue weighted by Crippen LogP contribution is 2.18. The van der Waals surface area contributed by atoms with Crippen molar-refractivity contribution in [3.63, 3.8) is 0 Å². The highest BCUT2D eigenvalue weighted by atomic mass is 35.5. The molecule has 0 fully saturated rings. The lowest BCUT2D eigenvalue weighted by Gasteiger charge is -2.17. The molecule has 4 heteroatoms. The Labute approximate surface area is 101 Å². The van der Waals surface area contributed by atoms with Crippen molar-refractivity contribution in [2.75, 3.05) is 6.61 Å². The topological polar surface area (TPSA) is 39.2 Å². The van der Waals surface area contributed by atoms with Crippen molar-refractivity contribution < 1.29 is 9.53 Å². The van der Waals surface area contributed by atoms with Gasteiger partial charge in [-0.15, -0.1) is 0 Å². The SMILES string of the molecule is CC(C)(C)CCOC(=O)c1cccc(Cl)n1. The van der Waals surface area contributed by atoms with Crippen LogP contribution in [0.2, 0.25) is 5.15 Å². The van der Waals surface area contributed by atoms with Crippen LogP contribution < -0.4 is 0 Å². The smallest absolute Gasteiger partial charge is 0.356 e. The molecule has 0 radical (unpaired) electrons. The van der Waals surface area contributed by atoms with E-state index in [-0.39, 0.29) is 11.1 Å². The van der Waals surface area contributed by atoms with Gasteiger partial charge in [-0.25, -0.2) is 9.78 Å². The minimum Gasteiger partial charge on any atom is -0.461 e. The van der Waals surface area contributed by atoms with Crippen LogP contribution in [0, 0.1) is 5.41 Å². The van der Waals surface area contributed by atoms with Gasteiger partial charge < -0.3 is 4.74 Å². The zero-order valence-electron chi connectivity index (χ0n) is 9.79. The van der Waals surface area contributed by atoms with E-state index in [1.807, 2.05) is 0 Å². The van der Waals surface area contributed by atoms with Gasteiger partial charge in [0.05, 0.1) is 6.61 Å². The second-order valence-electron chi connectivity index (χ2n) is 4.79. The first-order valence-corrected chi connectivity index (χ1v) is 5.56. The molecule has 16 heavy (non-hydrogen) atoms. The fourth-order valence-corrected chi connectivity index (χ4v) is 1.21. The molecule has 1 heterocycles. The van der Waals surface area contributed by atoms with Gasteiger partial charge in [-0.1, -0.05) is 38.4 Å². The summed E-state index contributed by atoms with van der Waals surface area (Å²) in [4.78, 5) is 15.4. The molecule has 1 aromatic heterocycles. The number of hydrogen-bond donors (Lipinski definition) is 0. The molecule has 0 aliphatic carbocycles. The summed E-state index contributed by atoms with van der Waals surface area (Å²) in [5.74, 6) is -0.424. The third-order valence-corrected chi connectivity index (χ3v) is 2.22. The van der Waals surface area contributed by atoms with Gasteiger partial charge in [0.2, 0.25) is 0 Å². The Hall–Kier alpha value is -1.09. The number of aromatic nitrogens is 1. The third kappa shape index (κ3) is 4.62. The zero-order valence-corrected chi connectivity index (χ0v) is 10.5. The van der Waals surface area contributed by atoms with E-state index in [0.717, 1.165) is 6.42 Å². The van der Waals surface area contributed by atoms with Crippen LogP contribution in [0.25, 0.3) is 0 Å². The quantitative estimate of drug-likeness (QED) is 0.602. The summed E-state index contributed by atoms with van der Waals surface area (Å²) in [5.41, 5.74) is 0.406. The average Bonchev–Trinajstić information content (AvgIpc) is 2.15. The minimum atomic E-state index is -0.424. The number of carbonyl (C=O) groups excluding carboxylic acids is 1.